The molecule has 0 saturated heterocycles. The quantitative estimate of drug-likeness (QED) is 0.114. The van der Waals surface area contributed by atoms with Crippen molar-refractivity contribution in [3.63, 3.8) is 0 Å². The molecule has 6 heterocycles. The van der Waals surface area contributed by atoms with Crippen LogP contribution in [0.2, 0.25) is 0 Å². The van der Waals surface area contributed by atoms with Gasteiger partial charge >= 0.3 is 0 Å². The lowest BCUT2D eigenvalue weighted by atomic mass is 9.96. The Morgan fingerprint density at radius 2 is 0.385 bits per heavy atom. The molecule has 0 aliphatic heterocycles. The third-order valence-corrected chi connectivity index (χ3v) is 23.7. The lowest BCUT2D eigenvalue weighted by Gasteiger charge is -2.13. The number of rotatable bonds is 13. The zero-order valence-electron chi connectivity index (χ0n) is 66.0. The van der Waals surface area contributed by atoms with Crippen molar-refractivity contribution in [2.45, 2.75) is 0 Å². The highest BCUT2D eigenvalue weighted by Crippen LogP contribution is 2.43. The molecule has 18 aromatic carbocycles. The van der Waals surface area contributed by atoms with E-state index in [1.807, 2.05) is 24.3 Å². The number of nitrogens with zero attached hydrogens (tertiary/aromatic N) is 10. The van der Waals surface area contributed by atoms with E-state index in [4.69, 9.17) is 29.9 Å². The molecule has 0 fully saturated rings. The van der Waals surface area contributed by atoms with E-state index in [0.29, 0.717) is 35.2 Å². The van der Waals surface area contributed by atoms with Crippen LogP contribution in [0.15, 0.2) is 437 Å². The van der Waals surface area contributed by atoms with E-state index < -0.39 is 0 Å². The summed E-state index contributed by atoms with van der Waals surface area (Å²) in [6.07, 6.45) is 0. The minimum absolute atomic E-state index is 0.564. The third kappa shape index (κ3) is 12.6. The number of benzene rings is 18. The van der Waals surface area contributed by atoms with E-state index in [0.717, 1.165) is 133 Å². The molecule has 24 aromatic rings. The standard InChI is InChI=1S/C57H37N5.C55H35N5/c1-5-17-38(18-6-1)43-33-44(39-19-7-2-8-20-39)35-45(34-43)56-58-55(40-21-9-3-10-22-40)59-57(60-56)62-52-28-16-14-26-48(52)50-37-42(30-32-54(50)62)41-29-31-53-49(36-41)47-25-13-15-27-51(47)61(53)46-23-11-4-12-24-46;1-3-13-36(14-4-1)38-23-26-39(27-24-38)53-56-54(43-28-25-37-15-7-8-16-40(37)33-43)58-55(57-53)60-50-22-12-10-20-46(50)48-35-42(30-32-52(48)60)41-29-31-51-47(34-41)45-19-9-11-21-49(45)59(51)44-17-5-2-6-18-44/h1-37H;1-35H. The van der Waals surface area contributed by atoms with Crippen LogP contribution in [0.3, 0.4) is 0 Å². The van der Waals surface area contributed by atoms with Gasteiger partial charge in [0.25, 0.3) is 0 Å². The molecule has 0 N–H and O–H groups in total. The van der Waals surface area contributed by atoms with Gasteiger partial charge in [0.2, 0.25) is 11.9 Å². The van der Waals surface area contributed by atoms with Gasteiger partial charge in [0.05, 0.1) is 44.1 Å². The van der Waals surface area contributed by atoms with Gasteiger partial charge in [-0.3, -0.25) is 9.13 Å². The number of fused-ring (bicyclic) bond motifs is 13. The molecule has 10 heteroatoms. The summed E-state index contributed by atoms with van der Waals surface area (Å²) < 4.78 is 9.11. The highest BCUT2D eigenvalue weighted by molar-refractivity contribution is 6.15. The van der Waals surface area contributed by atoms with Gasteiger partial charge in [0, 0.05) is 76.7 Å². The van der Waals surface area contributed by atoms with Gasteiger partial charge in [-0.2, -0.15) is 19.9 Å². The van der Waals surface area contributed by atoms with Crippen LogP contribution in [0.4, 0.5) is 0 Å². The van der Waals surface area contributed by atoms with Crippen molar-refractivity contribution >= 4 is 98.0 Å². The van der Waals surface area contributed by atoms with E-state index in [-0.39, 0.29) is 0 Å². The Balaban J connectivity index is 0.000000142. The first-order chi connectivity index (χ1) is 60.5. The smallest absolute Gasteiger partial charge is 0.238 e. The van der Waals surface area contributed by atoms with Crippen LogP contribution in [0.25, 0.3) is 222 Å². The van der Waals surface area contributed by atoms with Crippen molar-refractivity contribution in [3.8, 4) is 124 Å². The van der Waals surface area contributed by atoms with E-state index >= 15 is 0 Å². The molecular formula is C112H72N10. The average molecular weight is 1560 g/mol. The van der Waals surface area contributed by atoms with Crippen molar-refractivity contribution in [2.24, 2.45) is 0 Å². The highest BCUT2D eigenvalue weighted by Gasteiger charge is 2.24. The molecule has 570 valence electrons. The number of aromatic nitrogens is 10. The van der Waals surface area contributed by atoms with Gasteiger partial charge in [-0.15, -0.1) is 0 Å². The fourth-order valence-electron chi connectivity index (χ4n) is 17.9. The van der Waals surface area contributed by atoms with E-state index in [9.17, 15) is 0 Å². The molecule has 0 atom stereocenters. The van der Waals surface area contributed by atoms with Crippen molar-refractivity contribution in [1.29, 1.82) is 0 Å². The van der Waals surface area contributed by atoms with Crippen LogP contribution in [0, 0.1) is 0 Å². The molecule has 0 radical (unpaired) electrons. The maximum Gasteiger partial charge on any atom is 0.238 e. The number of hydrogen-bond donors (Lipinski definition) is 0. The molecule has 0 aliphatic carbocycles. The molecule has 0 aliphatic rings. The van der Waals surface area contributed by atoms with Gasteiger partial charge in [0.15, 0.2) is 23.3 Å². The summed E-state index contributed by atoms with van der Waals surface area (Å²) in [4.78, 5) is 31.4. The van der Waals surface area contributed by atoms with E-state index in [1.54, 1.807) is 0 Å². The Labute approximate surface area is 702 Å². The fraction of sp³-hybridized carbons (Fsp3) is 0. The van der Waals surface area contributed by atoms with Crippen LogP contribution in [0.5, 0.6) is 0 Å². The molecule has 0 saturated carbocycles. The number of para-hydroxylation sites is 6. The van der Waals surface area contributed by atoms with Crippen LogP contribution >= 0.6 is 0 Å². The molecule has 0 spiro atoms. The minimum atomic E-state index is 0.564. The van der Waals surface area contributed by atoms with Gasteiger partial charge in [-0.25, -0.2) is 9.97 Å². The Morgan fingerprint density at radius 1 is 0.131 bits per heavy atom. The first-order valence-electron chi connectivity index (χ1n) is 41.2. The monoisotopic (exact) mass is 1560 g/mol. The summed E-state index contributed by atoms with van der Waals surface area (Å²) in [5.41, 5.74) is 26.3. The normalized spacial score (nSPS) is 11.6. The molecule has 0 bridgehead atoms. The van der Waals surface area contributed by atoms with Crippen molar-refractivity contribution < 1.29 is 0 Å². The summed E-state index contributed by atoms with van der Waals surface area (Å²) in [7, 11) is 0. The molecular weight excluding hydrogens is 1490 g/mol. The lowest BCUT2D eigenvalue weighted by molar-refractivity contribution is 0.953. The predicted molar refractivity (Wildman–Crippen MR) is 503 cm³/mol. The second-order valence-corrected chi connectivity index (χ2v) is 31.0. The Kier molecular flexibility index (Phi) is 17.3. The molecule has 10 nitrogen and oxygen atoms in total. The predicted octanol–water partition coefficient (Wildman–Crippen LogP) is 28.3. The van der Waals surface area contributed by atoms with Crippen molar-refractivity contribution in [2.75, 3.05) is 0 Å². The fourth-order valence-corrected chi connectivity index (χ4v) is 17.9. The van der Waals surface area contributed by atoms with Crippen molar-refractivity contribution in [3.05, 3.63) is 437 Å². The zero-order valence-corrected chi connectivity index (χ0v) is 66.0. The Morgan fingerprint density at radius 3 is 0.787 bits per heavy atom. The molecule has 6 aromatic heterocycles. The second kappa shape index (κ2) is 29.9. The third-order valence-electron chi connectivity index (χ3n) is 23.7. The largest absolute Gasteiger partial charge is 0.309 e. The maximum absolute atomic E-state index is 5.35. The van der Waals surface area contributed by atoms with Gasteiger partial charge in [-0.05, 0) is 188 Å². The van der Waals surface area contributed by atoms with Gasteiger partial charge in [0.1, 0.15) is 0 Å². The summed E-state index contributed by atoms with van der Waals surface area (Å²) in [6.45, 7) is 0. The number of hydrogen-bond acceptors (Lipinski definition) is 6. The molecule has 24 rings (SSSR count). The molecule has 0 amide bonds. The minimum Gasteiger partial charge on any atom is -0.309 e. The van der Waals surface area contributed by atoms with Crippen molar-refractivity contribution in [1.82, 2.24) is 48.2 Å². The average Bonchev–Trinajstić information content (AvgIpc) is 1.62. The summed E-state index contributed by atoms with van der Waals surface area (Å²) >= 11 is 0. The topological polar surface area (TPSA) is 97.1 Å². The van der Waals surface area contributed by atoms with Gasteiger partial charge in [-0.1, -0.05) is 315 Å². The van der Waals surface area contributed by atoms with Crippen LogP contribution in [0.1, 0.15) is 0 Å². The van der Waals surface area contributed by atoms with Crippen LogP contribution in [-0.2, 0) is 0 Å². The molecule has 122 heavy (non-hydrogen) atoms. The van der Waals surface area contributed by atoms with E-state index in [1.165, 1.54) is 54.6 Å². The van der Waals surface area contributed by atoms with Crippen LogP contribution < -0.4 is 0 Å². The first kappa shape index (κ1) is 70.8. The van der Waals surface area contributed by atoms with Gasteiger partial charge < -0.3 is 9.13 Å². The molecule has 0 unspecified atom stereocenters. The summed E-state index contributed by atoms with van der Waals surface area (Å²) in [6, 6.07) is 155. The Hall–Kier alpha value is -16.6. The maximum atomic E-state index is 5.35. The SMILES string of the molecule is c1ccc(-c2cc(-c3ccccc3)cc(-c3nc(-c4ccccc4)nc(-n4c5ccccc5c5cc(-c6ccc7c(c6)c6ccccc6n7-c6ccccc6)ccc54)n3)c2)cc1.c1ccc(-c2ccc(-c3nc(-c4ccc5ccccc5c4)nc(-n4c5ccccc5c5cc(-c6ccc7c(c6)c6ccccc6n7-c6ccccc6)ccc54)n3)cc2)cc1. The summed E-state index contributed by atoms with van der Waals surface area (Å²) in [5.74, 6) is 3.60. The zero-order chi connectivity index (χ0) is 80.6. The van der Waals surface area contributed by atoms with E-state index in [2.05, 4.69) is 431 Å². The lowest BCUT2D eigenvalue weighted by Crippen LogP contribution is -2.06. The first-order valence-corrected chi connectivity index (χ1v) is 41.2. The highest BCUT2D eigenvalue weighted by atomic mass is 15.2. The Bertz CT molecular complexity index is 8100. The second-order valence-electron chi connectivity index (χ2n) is 31.0. The van der Waals surface area contributed by atoms with Crippen LogP contribution in [-0.4, -0.2) is 48.2 Å². The summed E-state index contributed by atoms with van der Waals surface area (Å²) in [5, 5.41) is 11.8.